The quantitative estimate of drug-likeness (QED) is 0.783. The highest BCUT2D eigenvalue weighted by atomic mass is 35.5. The van der Waals surface area contributed by atoms with E-state index >= 15 is 0 Å². The number of hydrogen-bond donors (Lipinski definition) is 1. The predicted octanol–water partition coefficient (Wildman–Crippen LogP) is 3.12. The lowest BCUT2D eigenvalue weighted by molar-refractivity contribution is 0.0949. The van der Waals surface area contributed by atoms with Gasteiger partial charge in [-0.2, -0.15) is 0 Å². The second-order valence-corrected chi connectivity index (χ2v) is 6.03. The molecule has 3 aromatic rings. The van der Waals surface area contributed by atoms with Crippen molar-refractivity contribution in [2.45, 2.75) is 13.5 Å². The van der Waals surface area contributed by atoms with Crippen LogP contribution in [0.15, 0.2) is 65.7 Å². The van der Waals surface area contributed by atoms with Gasteiger partial charge in [-0.3, -0.25) is 14.2 Å². The Kier molecular flexibility index (Phi) is 4.95. The standard InChI is InChI=1S/C19H16ClN3O2/c1-13-8-9-21-17(11-13)23-10-2-3-16(19(23)25)18(24)22-12-14-4-6-15(20)7-5-14/h2-11H,12H2,1H3,(H,22,24). The molecule has 1 amide bonds. The third-order valence-corrected chi connectivity index (χ3v) is 3.96. The lowest BCUT2D eigenvalue weighted by Gasteiger charge is -2.09. The van der Waals surface area contributed by atoms with Crippen LogP contribution in [0.2, 0.25) is 5.02 Å². The maximum absolute atomic E-state index is 12.6. The number of hydrogen-bond acceptors (Lipinski definition) is 3. The van der Waals surface area contributed by atoms with Crippen LogP contribution in [0.25, 0.3) is 5.82 Å². The highest BCUT2D eigenvalue weighted by Crippen LogP contribution is 2.09. The summed E-state index contributed by atoms with van der Waals surface area (Å²) in [6, 6.07) is 13.9. The number of aryl methyl sites for hydroxylation is 1. The van der Waals surface area contributed by atoms with Crippen molar-refractivity contribution in [3.63, 3.8) is 0 Å². The van der Waals surface area contributed by atoms with Crippen LogP contribution in [0.1, 0.15) is 21.5 Å². The van der Waals surface area contributed by atoms with Crippen molar-refractivity contribution in [1.82, 2.24) is 14.9 Å². The molecule has 3 rings (SSSR count). The molecule has 2 heterocycles. The van der Waals surface area contributed by atoms with Crippen LogP contribution in [0.5, 0.6) is 0 Å². The largest absolute Gasteiger partial charge is 0.348 e. The average Bonchev–Trinajstić information content (AvgIpc) is 2.61. The van der Waals surface area contributed by atoms with Crippen LogP contribution in [0.4, 0.5) is 0 Å². The summed E-state index contributed by atoms with van der Waals surface area (Å²) in [6.45, 7) is 2.23. The molecule has 126 valence electrons. The van der Waals surface area contributed by atoms with Gasteiger partial charge in [-0.1, -0.05) is 23.7 Å². The zero-order chi connectivity index (χ0) is 17.8. The first kappa shape index (κ1) is 16.9. The van der Waals surface area contributed by atoms with Gasteiger partial charge < -0.3 is 5.32 Å². The minimum atomic E-state index is -0.429. The van der Waals surface area contributed by atoms with Gasteiger partial charge in [0, 0.05) is 24.0 Å². The van der Waals surface area contributed by atoms with Crippen molar-refractivity contribution in [2.24, 2.45) is 0 Å². The molecule has 0 saturated carbocycles. The first-order valence-corrected chi connectivity index (χ1v) is 8.10. The molecule has 1 aromatic carbocycles. The molecule has 0 spiro atoms. The number of aromatic nitrogens is 2. The van der Waals surface area contributed by atoms with Crippen molar-refractivity contribution in [2.75, 3.05) is 0 Å². The van der Waals surface area contributed by atoms with Crippen molar-refractivity contribution in [1.29, 1.82) is 0 Å². The Morgan fingerprint density at radius 1 is 1.20 bits per heavy atom. The van der Waals surface area contributed by atoms with Gasteiger partial charge >= 0.3 is 0 Å². The average molecular weight is 354 g/mol. The van der Waals surface area contributed by atoms with E-state index in [2.05, 4.69) is 10.3 Å². The topological polar surface area (TPSA) is 64.0 Å². The Hall–Kier alpha value is -2.92. The van der Waals surface area contributed by atoms with E-state index < -0.39 is 11.5 Å². The van der Waals surface area contributed by atoms with E-state index in [-0.39, 0.29) is 5.56 Å². The summed E-state index contributed by atoms with van der Waals surface area (Å²) in [5, 5.41) is 3.38. The molecule has 6 heteroatoms. The number of nitrogens with one attached hydrogen (secondary N) is 1. The minimum absolute atomic E-state index is 0.0692. The molecule has 0 saturated heterocycles. The Bertz CT molecular complexity index is 965. The molecule has 5 nitrogen and oxygen atoms in total. The van der Waals surface area contributed by atoms with Crippen LogP contribution in [-0.2, 0) is 6.54 Å². The molecular weight excluding hydrogens is 338 g/mol. The van der Waals surface area contributed by atoms with Gasteiger partial charge in [-0.05, 0) is 54.4 Å². The summed E-state index contributed by atoms with van der Waals surface area (Å²) < 4.78 is 1.37. The fourth-order valence-corrected chi connectivity index (χ4v) is 2.51. The number of pyridine rings is 2. The Morgan fingerprint density at radius 3 is 2.68 bits per heavy atom. The molecule has 1 N–H and O–H groups in total. The van der Waals surface area contributed by atoms with Gasteiger partial charge in [-0.25, -0.2) is 4.98 Å². The monoisotopic (exact) mass is 353 g/mol. The van der Waals surface area contributed by atoms with Gasteiger partial charge in [0.25, 0.3) is 11.5 Å². The normalized spacial score (nSPS) is 10.5. The maximum Gasteiger partial charge on any atom is 0.269 e. The fourth-order valence-electron chi connectivity index (χ4n) is 2.38. The van der Waals surface area contributed by atoms with Crippen LogP contribution >= 0.6 is 11.6 Å². The van der Waals surface area contributed by atoms with Gasteiger partial charge in [0.2, 0.25) is 0 Å². The van der Waals surface area contributed by atoms with E-state index in [1.807, 2.05) is 25.1 Å². The predicted molar refractivity (Wildman–Crippen MR) is 97.2 cm³/mol. The molecule has 0 radical (unpaired) electrons. The second kappa shape index (κ2) is 7.32. The van der Waals surface area contributed by atoms with Crippen LogP contribution < -0.4 is 10.9 Å². The third-order valence-electron chi connectivity index (χ3n) is 3.71. The maximum atomic E-state index is 12.6. The van der Waals surface area contributed by atoms with Gasteiger partial charge in [0.15, 0.2) is 0 Å². The van der Waals surface area contributed by atoms with Crippen LogP contribution in [-0.4, -0.2) is 15.5 Å². The van der Waals surface area contributed by atoms with Crippen molar-refractivity contribution in [3.8, 4) is 5.82 Å². The molecule has 0 aliphatic heterocycles. The van der Waals surface area contributed by atoms with E-state index in [4.69, 9.17) is 11.6 Å². The Balaban J connectivity index is 1.82. The zero-order valence-electron chi connectivity index (χ0n) is 13.6. The highest BCUT2D eigenvalue weighted by molar-refractivity contribution is 6.30. The molecule has 0 bridgehead atoms. The number of carbonyl (C=O) groups excluding carboxylic acids is 1. The number of carbonyl (C=O) groups is 1. The Morgan fingerprint density at radius 2 is 1.96 bits per heavy atom. The molecule has 0 aliphatic carbocycles. The number of rotatable bonds is 4. The van der Waals surface area contributed by atoms with Crippen molar-refractivity contribution >= 4 is 17.5 Å². The molecular formula is C19H16ClN3O2. The molecule has 0 fully saturated rings. The molecule has 0 aliphatic rings. The number of amides is 1. The van der Waals surface area contributed by atoms with E-state index in [1.165, 1.54) is 10.6 Å². The van der Waals surface area contributed by atoms with Gasteiger partial charge in [-0.15, -0.1) is 0 Å². The summed E-state index contributed by atoms with van der Waals surface area (Å²) in [6.07, 6.45) is 3.23. The number of benzene rings is 1. The van der Waals surface area contributed by atoms with Crippen molar-refractivity contribution in [3.05, 3.63) is 93.0 Å². The lowest BCUT2D eigenvalue weighted by Crippen LogP contribution is -2.32. The van der Waals surface area contributed by atoms with Crippen molar-refractivity contribution < 1.29 is 4.79 Å². The van der Waals surface area contributed by atoms with E-state index in [1.54, 1.807) is 36.7 Å². The third kappa shape index (κ3) is 3.95. The highest BCUT2D eigenvalue weighted by Gasteiger charge is 2.13. The lowest BCUT2D eigenvalue weighted by atomic mass is 10.2. The van der Waals surface area contributed by atoms with Crippen LogP contribution in [0.3, 0.4) is 0 Å². The summed E-state index contributed by atoms with van der Waals surface area (Å²) >= 11 is 5.84. The van der Waals surface area contributed by atoms with Gasteiger partial charge in [0.1, 0.15) is 11.4 Å². The Labute approximate surface area is 149 Å². The summed E-state index contributed by atoms with van der Waals surface area (Å²) in [4.78, 5) is 29.2. The molecule has 0 unspecified atom stereocenters. The van der Waals surface area contributed by atoms with E-state index in [9.17, 15) is 9.59 Å². The SMILES string of the molecule is Cc1ccnc(-n2cccc(C(=O)NCc3ccc(Cl)cc3)c2=O)c1. The number of halogens is 1. The minimum Gasteiger partial charge on any atom is -0.348 e. The molecule has 2 aromatic heterocycles. The van der Waals surface area contributed by atoms with Crippen LogP contribution in [0, 0.1) is 6.92 Å². The zero-order valence-corrected chi connectivity index (χ0v) is 14.3. The number of nitrogens with zero attached hydrogens (tertiary/aromatic N) is 2. The summed E-state index contributed by atoms with van der Waals surface area (Å²) in [5.74, 6) is 0.0549. The first-order valence-electron chi connectivity index (χ1n) is 7.72. The smallest absolute Gasteiger partial charge is 0.269 e. The second-order valence-electron chi connectivity index (χ2n) is 5.60. The van der Waals surface area contributed by atoms with Gasteiger partial charge in [0.05, 0.1) is 0 Å². The van der Waals surface area contributed by atoms with E-state index in [0.29, 0.717) is 17.4 Å². The molecule has 0 atom stereocenters. The first-order chi connectivity index (χ1) is 12.0. The van der Waals surface area contributed by atoms with E-state index in [0.717, 1.165) is 11.1 Å². The molecule has 25 heavy (non-hydrogen) atoms. The fraction of sp³-hybridized carbons (Fsp3) is 0.105. The summed E-state index contributed by atoms with van der Waals surface area (Å²) in [5.41, 5.74) is 1.54. The summed E-state index contributed by atoms with van der Waals surface area (Å²) in [7, 11) is 0.